The molecule has 110 valence electrons. The van der Waals surface area contributed by atoms with Gasteiger partial charge < -0.3 is 15.4 Å². The first-order valence-corrected chi connectivity index (χ1v) is 7.67. The van der Waals surface area contributed by atoms with E-state index in [1.165, 1.54) is 19.4 Å². The Kier molecular flexibility index (Phi) is 4.99. The summed E-state index contributed by atoms with van der Waals surface area (Å²) in [7, 11) is 1.42. The van der Waals surface area contributed by atoms with Crippen LogP contribution < -0.4 is 5.32 Å². The Balaban J connectivity index is 2.46. The van der Waals surface area contributed by atoms with Gasteiger partial charge in [-0.3, -0.25) is 9.78 Å². The molecule has 11 heteroatoms. The Hall–Kier alpha value is -1.42. The summed E-state index contributed by atoms with van der Waals surface area (Å²) in [5.41, 5.74) is 0. The van der Waals surface area contributed by atoms with E-state index in [2.05, 4.69) is 15.3 Å². The van der Waals surface area contributed by atoms with Crippen molar-refractivity contribution in [2.24, 2.45) is 0 Å². The second-order valence-corrected chi connectivity index (χ2v) is 6.59. The maximum absolute atomic E-state index is 11.5. The third kappa shape index (κ3) is 3.43. The molecule has 0 radical (unpaired) electrons. The van der Waals surface area contributed by atoms with Crippen molar-refractivity contribution in [3.05, 3.63) is 37.6 Å². The smallest absolute Gasteiger partial charge is 0.358 e. The van der Waals surface area contributed by atoms with Gasteiger partial charge in [-0.05, 0) is 9.91 Å². The molecule has 0 aliphatic carbocycles. The lowest BCUT2D eigenvalue weighted by Crippen LogP contribution is -2.17. The first-order valence-electron chi connectivity index (χ1n) is 5.28. The van der Waals surface area contributed by atoms with Gasteiger partial charge >= 0.3 is 11.7 Å². The molecule has 2 aromatic heterocycles. The average molecular weight is 365 g/mol. The lowest BCUT2D eigenvalue weighted by Gasteiger charge is -2.03. The fourth-order valence-corrected chi connectivity index (χ4v) is 3.93. The van der Waals surface area contributed by atoms with Crippen molar-refractivity contribution in [3.63, 3.8) is 0 Å². The number of halogens is 2. The highest BCUT2D eigenvalue weighted by atomic mass is 35.5. The molecule has 2 rings (SSSR count). The Morgan fingerprint density at radius 3 is 2.57 bits per heavy atom. The summed E-state index contributed by atoms with van der Waals surface area (Å²) in [6.45, 7) is 0. The fourth-order valence-electron chi connectivity index (χ4n) is 1.27. The molecule has 0 saturated heterocycles. The van der Waals surface area contributed by atoms with E-state index in [4.69, 9.17) is 23.2 Å². The molecule has 0 bridgehead atoms. The van der Waals surface area contributed by atoms with E-state index in [1.54, 1.807) is 0 Å². The average Bonchev–Trinajstić information content (AvgIpc) is 2.86. The summed E-state index contributed by atoms with van der Waals surface area (Å²) < 4.78 is 0.216. The second kappa shape index (κ2) is 6.56. The molecule has 0 aliphatic heterocycles. The lowest BCUT2D eigenvalue weighted by molar-refractivity contribution is -0.391. The molecule has 0 atom stereocenters. The normalized spacial score (nSPS) is 10.4. The van der Waals surface area contributed by atoms with E-state index in [0.717, 1.165) is 23.1 Å². The van der Waals surface area contributed by atoms with Gasteiger partial charge in [-0.25, -0.2) is 0 Å². The molecule has 0 aromatic carbocycles. The standard InChI is InChI=1S/C10H6Cl2N4O3S2/c1-13-8(17)9-15-7(16(18)19)10(21-9)20-6-4(11)2-14-3-5(6)12/h2-3H,1H3,(H,13,17). The van der Waals surface area contributed by atoms with Crippen LogP contribution in [0.4, 0.5) is 5.82 Å². The number of thiazole rings is 1. The van der Waals surface area contributed by atoms with E-state index < -0.39 is 16.6 Å². The minimum atomic E-state index is -0.658. The second-order valence-electron chi connectivity index (χ2n) is 3.50. The SMILES string of the molecule is CNC(=O)c1nc([N+](=O)[O-])c(Sc2c(Cl)cncc2Cl)s1. The monoisotopic (exact) mass is 364 g/mol. The van der Waals surface area contributed by atoms with Crippen molar-refractivity contribution in [3.8, 4) is 0 Å². The Morgan fingerprint density at radius 2 is 2.05 bits per heavy atom. The lowest BCUT2D eigenvalue weighted by atomic mass is 10.5. The van der Waals surface area contributed by atoms with Crippen LogP contribution in [-0.2, 0) is 0 Å². The van der Waals surface area contributed by atoms with Gasteiger partial charge in [0.1, 0.15) is 0 Å². The Labute approximate surface area is 136 Å². The number of rotatable bonds is 4. The van der Waals surface area contributed by atoms with Crippen LogP contribution in [0.2, 0.25) is 10.0 Å². The zero-order chi connectivity index (χ0) is 15.6. The van der Waals surface area contributed by atoms with E-state index in [1.807, 2.05) is 0 Å². The van der Waals surface area contributed by atoms with Gasteiger partial charge in [0.25, 0.3) is 5.01 Å². The Bertz CT molecular complexity index is 702. The first kappa shape index (κ1) is 16.0. The molecule has 2 heterocycles. The highest BCUT2D eigenvalue weighted by Gasteiger charge is 2.28. The molecular formula is C10H6Cl2N4O3S2. The van der Waals surface area contributed by atoms with Gasteiger partial charge in [-0.15, -0.1) is 0 Å². The molecule has 0 aliphatic rings. The Morgan fingerprint density at radius 1 is 1.43 bits per heavy atom. The number of aromatic nitrogens is 2. The zero-order valence-corrected chi connectivity index (χ0v) is 13.4. The summed E-state index contributed by atoms with van der Waals surface area (Å²) in [4.78, 5) is 29.8. The summed E-state index contributed by atoms with van der Waals surface area (Å²) >= 11 is 13.8. The van der Waals surface area contributed by atoms with E-state index in [0.29, 0.717) is 4.90 Å². The van der Waals surface area contributed by atoms with Gasteiger partial charge in [0.15, 0.2) is 4.21 Å². The maximum Gasteiger partial charge on any atom is 0.389 e. The molecule has 1 N–H and O–H groups in total. The van der Waals surface area contributed by atoms with Crippen LogP contribution in [0.3, 0.4) is 0 Å². The van der Waals surface area contributed by atoms with Gasteiger partial charge in [0, 0.05) is 19.4 Å². The molecule has 21 heavy (non-hydrogen) atoms. The zero-order valence-electron chi connectivity index (χ0n) is 10.3. The number of amides is 1. The summed E-state index contributed by atoms with van der Waals surface area (Å²) in [5.74, 6) is -0.908. The van der Waals surface area contributed by atoms with Gasteiger partial charge in [0.2, 0.25) is 0 Å². The number of carbonyl (C=O) groups is 1. The molecule has 0 saturated carbocycles. The van der Waals surface area contributed by atoms with Gasteiger partial charge in [0.05, 0.1) is 14.9 Å². The molecule has 1 amide bonds. The van der Waals surface area contributed by atoms with Crippen LogP contribution >= 0.6 is 46.3 Å². The largest absolute Gasteiger partial charge is 0.389 e. The van der Waals surface area contributed by atoms with Crippen LogP contribution in [0.15, 0.2) is 21.5 Å². The van der Waals surface area contributed by atoms with Crippen LogP contribution in [0.25, 0.3) is 0 Å². The van der Waals surface area contributed by atoms with E-state index in [-0.39, 0.29) is 19.3 Å². The van der Waals surface area contributed by atoms with Crippen molar-refractivity contribution in [2.45, 2.75) is 9.10 Å². The number of carbonyl (C=O) groups excluding carboxylic acids is 1. The predicted molar refractivity (Wildman–Crippen MR) is 80.5 cm³/mol. The van der Waals surface area contributed by atoms with Gasteiger partial charge in [-0.2, -0.15) is 0 Å². The molecular weight excluding hydrogens is 359 g/mol. The fraction of sp³-hybridized carbons (Fsp3) is 0.100. The number of pyridine rings is 1. The number of nitrogens with one attached hydrogen (secondary N) is 1. The number of hydrogen-bond acceptors (Lipinski definition) is 7. The quantitative estimate of drug-likeness (QED) is 0.660. The van der Waals surface area contributed by atoms with Crippen molar-refractivity contribution >= 4 is 58.0 Å². The van der Waals surface area contributed by atoms with Crippen molar-refractivity contribution in [1.82, 2.24) is 15.3 Å². The minimum Gasteiger partial charge on any atom is -0.358 e. The maximum atomic E-state index is 11.5. The van der Waals surface area contributed by atoms with Crippen LogP contribution in [0.5, 0.6) is 0 Å². The topological polar surface area (TPSA) is 98.0 Å². The summed E-state index contributed by atoms with van der Waals surface area (Å²) in [6.07, 6.45) is 2.75. The predicted octanol–water partition coefficient (Wildman–Crippen LogP) is 3.26. The highest BCUT2D eigenvalue weighted by molar-refractivity contribution is 8.01. The first-order chi connectivity index (χ1) is 9.93. The summed E-state index contributed by atoms with van der Waals surface area (Å²) in [6, 6.07) is 0. The van der Waals surface area contributed by atoms with Crippen molar-refractivity contribution in [2.75, 3.05) is 7.05 Å². The number of hydrogen-bond donors (Lipinski definition) is 1. The summed E-state index contributed by atoms with van der Waals surface area (Å²) in [5, 5.41) is 13.9. The van der Waals surface area contributed by atoms with Gasteiger partial charge in [-0.1, -0.05) is 46.3 Å². The van der Waals surface area contributed by atoms with E-state index >= 15 is 0 Å². The third-order valence-electron chi connectivity index (χ3n) is 2.18. The molecule has 7 nitrogen and oxygen atoms in total. The molecule has 0 unspecified atom stereocenters. The van der Waals surface area contributed by atoms with Crippen LogP contribution in [0.1, 0.15) is 9.80 Å². The van der Waals surface area contributed by atoms with E-state index in [9.17, 15) is 14.9 Å². The number of nitrogens with zero attached hydrogens (tertiary/aromatic N) is 3. The van der Waals surface area contributed by atoms with Crippen LogP contribution in [0, 0.1) is 10.1 Å². The minimum absolute atomic E-state index is 0.00648. The molecule has 0 fully saturated rings. The molecule has 2 aromatic rings. The number of nitro groups is 1. The third-order valence-corrected chi connectivity index (χ3v) is 5.33. The van der Waals surface area contributed by atoms with Crippen molar-refractivity contribution in [1.29, 1.82) is 0 Å². The highest BCUT2D eigenvalue weighted by Crippen LogP contribution is 2.44. The van der Waals surface area contributed by atoms with Crippen molar-refractivity contribution < 1.29 is 9.72 Å². The van der Waals surface area contributed by atoms with Crippen LogP contribution in [-0.4, -0.2) is 27.8 Å². The molecule has 0 spiro atoms.